The summed E-state index contributed by atoms with van der Waals surface area (Å²) >= 11 is 0. The second-order valence-corrected chi connectivity index (χ2v) is 8.19. The van der Waals surface area contributed by atoms with E-state index >= 15 is 0 Å². The van der Waals surface area contributed by atoms with E-state index in [1.54, 1.807) is 11.1 Å². The predicted octanol–water partition coefficient (Wildman–Crippen LogP) is 3.47. The van der Waals surface area contributed by atoms with Crippen LogP contribution < -0.4 is 9.80 Å². The molecular weight excluding hydrogens is 433 g/mol. The van der Waals surface area contributed by atoms with Gasteiger partial charge in [-0.2, -0.15) is 18.3 Å². The number of alkyl halides is 5. The molecule has 5 heterocycles. The van der Waals surface area contributed by atoms with Crippen molar-refractivity contribution in [2.45, 2.75) is 25.6 Å². The summed E-state index contributed by atoms with van der Waals surface area (Å²) < 4.78 is 67.0. The van der Waals surface area contributed by atoms with Crippen molar-refractivity contribution in [3.8, 4) is 0 Å². The third-order valence-corrected chi connectivity index (χ3v) is 6.16. The second kappa shape index (κ2) is 7.82. The van der Waals surface area contributed by atoms with Gasteiger partial charge in [-0.25, -0.2) is 28.4 Å². The van der Waals surface area contributed by atoms with Crippen molar-refractivity contribution >= 4 is 22.8 Å². The Morgan fingerprint density at radius 3 is 2.59 bits per heavy atom. The average Bonchev–Trinajstić information content (AvgIpc) is 3.36. The van der Waals surface area contributed by atoms with Gasteiger partial charge in [0, 0.05) is 32.4 Å². The lowest BCUT2D eigenvalue weighted by atomic mass is 9.88. The summed E-state index contributed by atoms with van der Waals surface area (Å²) in [7, 11) is 0. The summed E-state index contributed by atoms with van der Waals surface area (Å²) in [6.45, 7) is 1.67. The summed E-state index contributed by atoms with van der Waals surface area (Å²) in [6, 6.07) is 2.35. The summed E-state index contributed by atoms with van der Waals surface area (Å²) in [5.41, 5.74) is 0.00605. The minimum Gasteiger partial charge on any atom is -0.356 e. The first-order valence-corrected chi connectivity index (χ1v) is 10.3. The fourth-order valence-corrected chi connectivity index (χ4v) is 4.67. The highest BCUT2D eigenvalue weighted by Gasteiger charge is 2.41. The van der Waals surface area contributed by atoms with Gasteiger partial charge in [-0.15, -0.1) is 0 Å². The quantitative estimate of drug-likeness (QED) is 0.564. The summed E-state index contributed by atoms with van der Waals surface area (Å²) in [5, 5.41) is 3.93. The number of aromatic nitrogens is 5. The average molecular weight is 453 g/mol. The zero-order chi connectivity index (χ0) is 22.5. The van der Waals surface area contributed by atoms with Gasteiger partial charge in [0.1, 0.15) is 23.7 Å². The Hall–Kier alpha value is -3.05. The number of hydrogen-bond acceptors (Lipinski definition) is 6. The molecule has 2 aliphatic rings. The smallest absolute Gasteiger partial charge is 0.356 e. The first kappa shape index (κ1) is 20.8. The Bertz CT molecular complexity index is 1120. The van der Waals surface area contributed by atoms with Crippen LogP contribution in [0, 0.1) is 11.8 Å². The van der Waals surface area contributed by atoms with Crippen molar-refractivity contribution in [2.24, 2.45) is 11.8 Å². The van der Waals surface area contributed by atoms with Crippen LogP contribution in [0.25, 0.3) is 11.2 Å². The van der Waals surface area contributed by atoms with E-state index in [2.05, 4.69) is 20.1 Å². The highest BCUT2D eigenvalue weighted by atomic mass is 19.4. The minimum absolute atomic E-state index is 0.0333. The van der Waals surface area contributed by atoms with Crippen LogP contribution in [0.2, 0.25) is 0 Å². The van der Waals surface area contributed by atoms with E-state index in [-0.39, 0.29) is 11.7 Å². The predicted molar refractivity (Wildman–Crippen MR) is 107 cm³/mol. The lowest BCUT2D eigenvalue weighted by Crippen LogP contribution is -2.41. The van der Waals surface area contributed by atoms with Gasteiger partial charge < -0.3 is 9.80 Å². The second-order valence-electron chi connectivity index (χ2n) is 8.19. The molecule has 2 atom stereocenters. The van der Waals surface area contributed by atoms with Crippen LogP contribution >= 0.6 is 0 Å². The van der Waals surface area contributed by atoms with Crippen LogP contribution in [0.15, 0.2) is 30.7 Å². The number of piperidine rings is 1. The van der Waals surface area contributed by atoms with Crippen LogP contribution in [0.4, 0.5) is 33.6 Å². The van der Waals surface area contributed by atoms with E-state index in [0.29, 0.717) is 49.1 Å². The van der Waals surface area contributed by atoms with Crippen LogP contribution in [0.3, 0.4) is 0 Å². The van der Waals surface area contributed by atoms with Crippen molar-refractivity contribution in [3.63, 3.8) is 0 Å². The van der Waals surface area contributed by atoms with Crippen LogP contribution in [-0.2, 0) is 12.7 Å². The molecular formula is C20H20F5N7. The number of pyridine rings is 1. The van der Waals surface area contributed by atoms with Crippen LogP contribution in [-0.4, -0.2) is 57.3 Å². The molecule has 3 aromatic rings. The lowest BCUT2D eigenvalue weighted by molar-refractivity contribution is -0.137. The molecule has 170 valence electrons. The molecule has 3 aromatic heterocycles. The third-order valence-electron chi connectivity index (χ3n) is 6.16. The molecule has 0 N–H and O–H groups in total. The fraction of sp³-hybridized carbons (Fsp3) is 0.500. The number of rotatable bonds is 4. The van der Waals surface area contributed by atoms with Gasteiger partial charge in [0.05, 0.1) is 18.0 Å². The highest BCUT2D eigenvalue weighted by molar-refractivity contribution is 5.71. The molecule has 32 heavy (non-hydrogen) atoms. The van der Waals surface area contributed by atoms with Gasteiger partial charge in [-0.1, -0.05) is 0 Å². The maximum absolute atomic E-state index is 13.4. The molecule has 2 fully saturated rings. The molecule has 0 radical (unpaired) electrons. The van der Waals surface area contributed by atoms with Crippen LogP contribution in [0.5, 0.6) is 0 Å². The van der Waals surface area contributed by atoms with Crippen LogP contribution in [0.1, 0.15) is 12.0 Å². The van der Waals surface area contributed by atoms with Crippen molar-refractivity contribution in [1.82, 2.24) is 24.7 Å². The largest absolute Gasteiger partial charge is 0.419 e. The number of halogens is 5. The zero-order valence-electron chi connectivity index (χ0n) is 16.9. The van der Waals surface area contributed by atoms with E-state index in [9.17, 15) is 22.0 Å². The first-order chi connectivity index (χ1) is 15.3. The molecule has 0 amide bonds. The molecule has 0 aliphatic carbocycles. The maximum atomic E-state index is 13.4. The third kappa shape index (κ3) is 3.82. The molecule has 0 saturated carbocycles. The van der Waals surface area contributed by atoms with E-state index in [0.717, 1.165) is 17.2 Å². The van der Waals surface area contributed by atoms with Gasteiger partial charge in [-0.3, -0.25) is 0 Å². The van der Waals surface area contributed by atoms with Gasteiger partial charge in [0.25, 0.3) is 6.43 Å². The SMILES string of the molecule is FC(F)Cn1ncc2ncc(N3C[C@H]4CCN(c5ncccc5C(F)(F)F)C[C@H]4C3)nc21. The molecule has 2 aliphatic heterocycles. The highest BCUT2D eigenvalue weighted by Crippen LogP contribution is 2.39. The summed E-state index contributed by atoms with van der Waals surface area (Å²) in [6.07, 6.45) is -1.92. The zero-order valence-corrected chi connectivity index (χ0v) is 16.9. The number of fused-ring (bicyclic) bond motifs is 2. The maximum Gasteiger partial charge on any atom is 0.419 e. The first-order valence-electron chi connectivity index (χ1n) is 10.3. The summed E-state index contributed by atoms with van der Waals surface area (Å²) in [4.78, 5) is 16.6. The Morgan fingerprint density at radius 1 is 1.03 bits per heavy atom. The van der Waals surface area contributed by atoms with Crippen molar-refractivity contribution < 1.29 is 22.0 Å². The number of hydrogen-bond donors (Lipinski definition) is 0. The minimum atomic E-state index is -4.46. The van der Waals surface area contributed by atoms with E-state index < -0.39 is 24.7 Å². The van der Waals surface area contributed by atoms with Gasteiger partial charge >= 0.3 is 6.18 Å². The molecule has 5 rings (SSSR count). The molecule has 2 saturated heterocycles. The van der Waals surface area contributed by atoms with Crippen molar-refractivity contribution in [3.05, 3.63) is 36.3 Å². The Kier molecular flexibility index (Phi) is 5.09. The molecule has 7 nitrogen and oxygen atoms in total. The van der Waals surface area contributed by atoms with Crippen molar-refractivity contribution in [1.29, 1.82) is 0 Å². The van der Waals surface area contributed by atoms with Gasteiger partial charge in [0.15, 0.2) is 5.65 Å². The lowest BCUT2D eigenvalue weighted by Gasteiger charge is -2.36. The van der Waals surface area contributed by atoms with E-state index in [1.165, 1.54) is 18.5 Å². The van der Waals surface area contributed by atoms with Crippen molar-refractivity contribution in [2.75, 3.05) is 36.0 Å². The molecule has 0 bridgehead atoms. The van der Waals surface area contributed by atoms with Gasteiger partial charge in [0.2, 0.25) is 0 Å². The Labute approximate surface area is 179 Å². The Morgan fingerprint density at radius 2 is 1.81 bits per heavy atom. The van der Waals surface area contributed by atoms with E-state index in [1.807, 2.05) is 4.90 Å². The monoisotopic (exact) mass is 453 g/mol. The number of anilines is 2. The van der Waals surface area contributed by atoms with E-state index in [4.69, 9.17) is 0 Å². The molecule has 12 heteroatoms. The molecule has 0 unspecified atom stereocenters. The summed E-state index contributed by atoms with van der Waals surface area (Å²) in [5.74, 6) is 0.959. The molecule has 0 spiro atoms. The number of nitrogens with zero attached hydrogens (tertiary/aromatic N) is 7. The molecule has 0 aromatic carbocycles. The fourth-order valence-electron chi connectivity index (χ4n) is 4.67. The standard InChI is InChI=1S/C20H20F5N7/c21-16(22)11-32-19-15(6-28-32)27-7-17(29-19)31-8-12-3-5-30(9-13(12)10-31)18-14(20(23,24)25)2-1-4-26-18/h1-2,4,6-7,12-13,16H,3,5,8-11H2/t12-,13+/m1/s1. The normalized spacial score (nSPS) is 21.6. The van der Waals surface area contributed by atoms with Gasteiger partial charge in [-0.05, 0) is 30.4 Å². The topological polar surface area (TPSA) is 63.0 Å². The Balaban J connectivity index is 1.35.